The van der Waals surface area contributed by atoms with Gasteiger partial charge in [0.15, 0.2) is 5.78 Å². The Hall–Kier alpha value is -2.79. The molecule has 0 saturated carbocycles. The highest BCUT2D eigenvalue weighted by atomic mass is 35.5. The first-order valence-corrected chi connectivity index (χ1v) is 8.29. The Labute approximate surface area is 157 Å². The van der Waals surface area contributed by atoms with Crippen molar-refractivity contribution < 1.29 is 19.7 Å². The summed E-state index contributed by atoms with van der Waals surface area (Å²) in [5.41, 5.74) is 1.94. The highest BCUT2D eigenvalue weighted by molar-refractivity contribution is 6.30. The van der Waals surface area contributed by atoms with E-state index >= 15 is 0 Å². The Balaban J connectivity index is 2.44. The van der Waals surface area contributed by atoms with Crippen LogP contribution in [0.15, 0.2) is 42.3 Å². The molecule has 6 heteroatoms. The van der Waals surface area contributed by atoms with Gasteiger partial charge in [0.1, 0.15) is 22.8 Å². The number of nitrogens with zero attached hydrogens (tertiary/aromatic N) is 1. The number of hydrogen-bond donors (Lipinski definition) is 2. The van der Waals surface area contributed by atoms with Crippen LogP contribution in [-0.4, -0.2) is 28.1 Å². The number of ketones is 1. The van der Waals surface area contributed by atoms with Gasteiger partial charge in [0.2, 0.25) is 0 Å². The van der Waals surface area contributed by atoms with Crippen molar-refractivity contribution in [2.24, 2.45) is 0 Å². The van der Waals surface area contributed by atoms with Crippen LogP contribution in [0.2, 0.25) is 5.02 Å². The molecular weight excluding hydrogens is 354 g/mol. The standard InChI is InChI=1S/C20H20ClNO4/c1-12(2)4-6-15-17(24)9-18(26-3)19(20(15)25)16(23)7-5-13-8-14(21)11-22-10-13/h4-5,7-11,24-25H,6H2,1-3H3/b7-5+. The monoisotopic (exact) mass is 373 g/mol. The fourth-order valence-corrected chi connectivity index (χ4v) is 2.54. The summed E-state index contributed by atoms with van der Waals surface area (Å²) < 4.78 is 5.16. The van der Waals surface area contributed by atoms with Crippen LogP contribution in [0.4, 0.5) is 0 Å². The first-order chi connectivity index (χ1) is 12.3. The molecular formula is C20H20ClNO4. The number of benzene rings is 1. The summed E-state index contributed by atoms with van der Waals surface area (Å²) in [6.45, 7) is 3.82. The molecule has 2 rings (SSSR count). The average molecular weight is 374 g/mol. The maximum Gasteiger partial charge on any atom is 0.193 e. The topological polar surface area (TPSA) is 79.6 Å². The van der Waals surface area contributed by atoms with Gasteiger partial charge in [-0.15, -0.1) is 0 Å². The van der Waals surface area contributed by atoms with Gasteiger partial charge in [-0.05, 0) is 44.1 Å². The quantitative estimate of drug-likeness (QED) is 0.441. The zero-order valence-corrected chi connectivity index (χ0v) is 15.5. The molecule has 0 radical (unpaired) electrons. The Bertz CT molecular complexity index is 884. The highest BCUT2D eigenvalue weighted by Crippen LogP contribution is 2.39. The van der Waals surface area contributed by atoms with Gasteiger partial charge in [0.05, 0.1) is 12.1 Å². The van der Waals surface area contributed by atoms with E-state index in [1.54, 1.807) is 18.3 Å². The van der Waals surface area contributed by atoms with E-state index in [2.05, 4.69) is 4.98 Å². The van der Waals surface area contributed by atoms with Gasteiger partial charge in [-0.25, -0.2) is 0 Å². The molecule has 26 heavy (non-hydrogen) atoms. The van der Waals surface area contributed by atoms with Crippen molar-refractivity contribution in [1.82, 2.24) is 4.98 Å². The van der Waals surface area contributed by atoms with Gasteiger partial charge < -0.3 is 14.9 Å². The third kappa shape index (κ3) is 4.64. The number of phenolic OH excluding ortho intramolecular Hbond substituents is 2. The predicted molar refractivity (Wildman–Crippen MR) is 102 cm³/mol. The van der Waals surface area contributed by atoms with Crippen molar-refractivity contribution in [3.63, 3.8) is 0 Å². The molecule has 0 spiro atoms. The summed E-state index contributed by atoms with van der Waals surface area (Å²) >= 11 is 5.87. The Kier molecular flexibility index (Phi) is 6.41. The number of halogens is 1. The number of pyridine rings is 1. The van der Waals surface area contributed by atoms with E-state index < -0.39 is 5.78 Å². The van der Waals surface area contributed by atoms with Crippen molar-refractivity contribution in [2.45, 2.75) is 20.3 Å². The van der Waals surface area contributed by atoms with Crippen molar-refractivity contribution in [1.29, 1.82) is 0 Å². The second-order valence-corrected chi connectivity index (χ2v) is 6.36. The lowest BCUT2D eigenvalue weighted by Crippen LogP contribution is -2.02. The molecule has 1 aromatic carbocycles. The number of carbonyl (C=O) groups is 1. The van der Waals surface area contributed by atoms with Crippen LogP contribution < -0.4 is 4.74 Å². The molecule has 0 fully saturated rings. The van der Waals surface area contributed by atoms with Crippen LogP contribution in [0.3, 0.4) is 0 Å². The molecule has 0 unspecified atom stereocenters. The van der Waals surface area contributed by atoms with Gasteiger partial charge in [-0.2, -0.15) is 0 Å². The summed E-state index contributed by atoms with van der Waals surface area (Å²) in [4.78, 5) is 16.6. The number of methoxy groups -OCH3 is 1. The van der Waals surface area contributed by atoms with Crippen LogP contribution in [0.5, 0.6) is 17.2 Å². The van der Waals surface area contributed by atoms with Gasteiger partial charge in [0.25, 0.3) is 0 Å². The van der Waals surface area contributed by atoms with E-state index in [4.69, 9.17) is 16.3 Å². The normalized spacial score (nSPS) is 10.8. The summed E-state index contributed by atoms with van der Waals surface area (Å²) in [7, 11) is 1.37. The molecule has 0 aliphatic rings. The third-order valence-corrected chi connectivity index (χ3v) is 3.89. The number of hydrogen-bond acceptors (Lipinski definition) is 5. The lowest BCUT2D eigenvalue weighted by molar-refractivity contribution is 0.104. The number of allylic oxidation sites excluding steroid dienone is 3. The summed E-state index contributed by atoms with van der Waals surface area (Å²) in [6, 6.07) is 2.99. The van der Waals surface area contributed by atoms with E-state index in [0.717, 1.165) is 5.57 Å². The van der Waals surface area contributed by atoms with E-state index in [9.17, 15) is 15.0 Å². The first-order valence-electron chi connectivity index (χ1n) is 7.91. The third-order valence-electron chi connectivity index (χ3n) is 3.68. The minimum atomic E-state index is -0.460. The molecule has 2 aromatic rings. The van der Waals surface area contributed by atoms with Gasteiger partial charge in [-0.1, -0.05) is 23.3 Å². The van der Waals surface area contributed by atoms with Crippen LogP contribution in [-0.2, 0) is 6.42 Å². The van der Waals surface area contributed by atoms with Gasteiger partial charge in [0, 0.05) is 24.0 Å². The molecule has 0 amide bonds. The fourth-order valence-electron chi connectivity index (χ4n) is 2.35. The van der Waals surface area contributed by atoms with E-state index in [0.29, 0.717) is 17.0 Å². The van der Waals surface area contributed by atoms with Crippen LogP contribution in [0, 0.1) is 0 Å². The molecule has 136 valence electrons. The van der Waals surface area contributed by atoms with Crippen LogP contribution >= 0.6 is 11.6 Å². The summed E-state index contributed by atoms with van der Waals surface area (Å²) in [5.74, 6) is -0.785. The second kappa shape index (κ2) is 8.54. The zero-order valence-electron chi connectivity index (χ0n) is 14.8. The number of aromatic nitrogens is 1. The molecule has 1 heterocycles. The summed E-state index contributed by atoms with van der Waals surface area (Å²) in [6.07, 6.45) is 8.04. The van der Waals surface area contributed by atoms with E-state index in [-0.39, 0.29) is 28.4 Å². The van der Waals surface area contributed by atoms with Crippen molar-refractivity contribution >= 4 is 23.5 Å². The minimum absolute atomic E-state index is 0.00584. The lowest BCUT2D eigenvalue weighted by atomic mass is 9.99. The summed E-state index contributed by atoms with van der Waals surface area (Å²) in [5, 5.41) is 21.1. The molecule has 0 aliphatic heterocycles. The largest absolute Gasteiger partial charge is 0.507 e. The number of rotatable bonds is 6. The lowest BCUT2D eigenvalue weighted by Gasteiger charge is -2.13. The highest BCUT2D eigenvalue weighted by Gasteiger charge is 2.21. The number of carbonyl (C=O) groups excluding carboxylic acids is 1. The smallest absolute Gasteiger partial charge is 0.193 e. The van der Waals surface area contributed by atoms with Crippen molar-refractivity contribution in [3.8, 4) is 17.2 Å². The maximum atomic E-state index is 12.6. The number of aromatic hydroxyl groups is 2. The SMILES string of the molecule is COc1cc(O)c(CC=C(C)C)c(O)c1C(=O)/C=C/c1cncc(Cl)c1. The Morgan fingerprint density at radius 2 is 2.00 bits per heavy atom. The predicted octanol–water partition coefficient (Wildman–Crippen LogP) is 4.56. The van der Waals surface area contributed by atoms with Crippen molar-refractivity contribution in [3.05, 3.63) is 64.0 Å². The van der Waals surface area contributed by atoms with Crippen LogP contribution in [0.25, 0.3) is 6.08 Å². The minimum Gasteiger partial charge on any atom is -0.507 e. The molecule has 0 bridgehead atoms. The van der Waals surface area contributed by atoms with E-state index in [1.165, 1.54) is 25.4 Å². The Morgan fingerprint density at radius 1 is 1.27 bits per heavy atom. The number of ether oxygens (including phenoxy) is 1. The van der Waals surface area contributed by atoms with Crippen LogP contribution in [0.1, 0.15) is 35.3 Å². The molecule has 0 atom stereocenters. The molecule has 5 nitrogen and oxygen atoms in total. The molecule has 0 aliphatic carbocycles. The maximum absolute atomic E-state index is 12.6. The average Bonchev–Trinajstić information content (AvgIpc) is 2.58. The fraction of sp³-hybridized carbons (Fsp3) is 0.200. The van der Waals surface area contributed by atoms with Crippen molar-refractivity contribution in [2.75, 3.05) is 7.11 Å². The molecule has 1 aromatic heterocycles. The van der Waals surface area contributed by atoms with E-state index in [1.807, 2.05) is 19.9 Å². The zero-order chi connectivity index (χ0) is 19.3. The van der Waals surface area contributed by atoms with Gasteiger partial charge in [-0.3, -0.25) is 9.78 Å². The second-order valence-electron chi connectivity index (χ2n) is 5.92. The van der Waals surface area contributed by atoms with Gasteiger partial charge >= 0.3 is 0 Å². The first kappa shape index (κ1) is 19.5. The molecule has 2 N–H and O–H groups in total. The molecule has 0 saturated heterocycles. The Morgan fingerprint density at radius 3 is 2.62 bits per heavy atom. The number of phenols is 2.